The topological polar surface area (TPSA) is 57.5 Å². The Kier molecular flexibility index (Phi) is 6.81. The average Bonchev–Trinajstić information content (AvgIpc) is 3.00. The lowest BCUT2D eigenvalue weighted by molar-refractivity contribution is 0.0470. The van der Waals surface area contributed by atoms with Gasteiger partial charge in [0.1, 0.15) is 5.69 Å². The van der Waals surface area contributed by atoms with Crippen LogP contribution < -0.4 is 0 Å². The van der Waals surface area contributed by atoms with Crippen molar-refractivity contribution >= 4 is 11.9 Å². The second-order valence-corrected chi connectivity index (χ2v) is 5.60. The Labute approximate surface area is 148 Å². The Hall–Kier alpha value is -2.56. The Morgan fingerprint density at radius 3 is 2.20 bits per heavy atom. The van der Waals surface area contributed by atoms with Gasteiger partial charge in [-0.05, 0) is 31.9 Å². The number of carbonyl (C=O) groups is 2. The first kappa shape index (κ1) is 18.8. The molecule has 0 radical (unpaired) electrons. The number of hydrogen-bond donors (Lipinski definition) is 0. The van der Waals surface area contributed by atoms with Crippen LogP contribution in [0.3, 0.4) is 0 Å². The van der Waals surface area contributed by atoms with E-state index in [-0.39, 0.29) is 24.5 Å². The summed E-state index contributed by atoms with van der Waals surface area (Å²) >= 11 is 0. The maximum Gasteiger partial charge on any atom is 0.355 e. The van der Waals surface area contributed by atoms with Crippen LogP contribution in [0.4, 0.5) is 0 Å². The molecule has 2 aromatic rings. The van der Waals surface area contributed by atoms with E-state index in [1.807, 2.05) is 34.9 Å². The van der Waals surface area contributed by atoms with E-state index in [4.69, 9.17) is 9.47 Å². The number of benzene rings is 1. The fourth-order valence-corrected chi connectivity index (χ4v) is 2.73. The number of nitrogens with zero attached hydrogens (tertiary/aromatic N) is 1. The molecule has 0 amide bonds. The van der Waals surface area contributed by atoms with E-state index in [1.165, 1.54) is 0 Å². The molecule has 0 saturated carbocycles. The SMILES string of the molecule is CCCCn1c(-c2ccccc2)cc(C(=O)OCC)c1C(=O)OCC. The van der Waals surface area contributed by atoms with Crippen LogP contribution in [0, 0.1) is 0 Å². The van der Waals surface area contributed by atoms with Crippen LogP contribution in [0.5, 0.6) is 0 Å². The van der Waals surface area contributed by atoms with Gasteiger partial charge in [0.2, 0.25) is 0 Å². The van der Waals surface area contributed by atoms with Crippen LogP contribution in [0.1, 0.15) is 54.5 Å². The minimum Gasteiger partial charge on any atom is -0.462 e. The van der Waals surface area contributed by atoms with Crippen molar-refractivity contribution in [3.8, 4) is 11.3 Å². The lowest BCUT2D eigenvalue weighted by Gasteiger charge is -2.13. The van der Waals surface area contributed by atoms with Crippen LogP contribution in [-0.4, -0.2) is 29.7 Å². The molecule has 0 aliphatic rings. The fourth-order valence-electron chi connectivity index (χ4n) is 2.73. The zero-order valence-electron chi connectivity index (χ0n) is 15.1. The highest BCUT2D eigenvalue weighted by atomic mass is 16.5. The zero-order chi connectivity index (χ0) is 18.2. The van der Waals surface area contributed by atoms with Gasteiger partial charge in [0.05, 0.1) is 18.8 Å². The predicted octanol–water partition coefficient (Wildman–Crippen LogP) is 4.31. The first-order valence-corrected chi connectivity index (χ1v) is 8.77. The number of unbranched alkanes of at least 4 members (excludes halogenated alkanes) is 1. The molecule has 0 saturated heterocycles. The standard InChI is InChI=1S/C20H25NO4/c1-4-7-13-21-17(15-11-9-8-10-12-15)14-16(19(22)24-5-2)18(21)20(23)25-6-3/h8-12,14H,4-7,13H2,1-3H3. The van der Waals surface area contributed by atoms with Gasteiger partial charge in [0, 0.05) is 12.2 Å². The van der Waals surface area contributed by atoms with Crippen LogP contribution in [0.15, 0.2) is 36.4 Å². The summed E-state index contributed by atoms with van der Waals surface area (Å²) in [5, 5.41) is 0. The molecule has 1 aromatic heterocycles. The third-order valence-corrected chi connectivity index (χ3v) is 3.87. The maximum atomic E-state index is 12.6. The van der Waals surface area contributed by atoms with Gasteiger partial charge in [0.15, 0.2) is 0 Å². The van der Waals surface area contributed by atoms with Crippen molar-refractivity contribution in [3.63, 3.8) is 0 Å². The van der Waals surface area contributed by atoms with Crippen LogP contribution in [0.2, 0.25) is 0 Å². The Morgan fingerprint density at radius 1 is 0.960 bits per heavy atom. The van der Waals surface area contributed by atoms with Crippen molar-refractivity contribution in [2.45, 2.75) is 40.2 Å². The van der Waals surface area contributed by atoms with Gasteiger partial charge < -0.3 is 14.0 Å². The van der Waals surface area contributed by atoms with Crippen molar-refractivity contribution < 1.29 is 19.1 Å². The molecule has 0 aliphatic carbocycles. The minimum absolute atomic E-state index is 0.251. The summed E-state index contributed by atoms with van der Waals surface area (Å²) in [6.45, 7) is 6.71. The summed E-state index contributed by atoms with van der Waals surface area (Å²) in [5.41, 5.74) is 2.29. The molecule has 0 fully saturated rings. The zero-order valence-corrected chi connectivity index (χ0v) is 15.1. The fraction of sp³-hybridized carbons (Fsp3) is 0.400. The number of hydrogen-bond acceptors (Lipinski definition) is 4. The highest BCUT2D eigenvalue weighted by Crippen LogP contribution is 2.28. The molecule has 0 N–H and O–H groups in total. The lowest BCUT2D eigenvalue weighted by atomic mass is 10.1. The molecule has 1 heterocycles. The Balaban J connectivity index is 2.63. The Bertz CT molecular complexity index is 719. The average molecular weight is 343 g/mol. The molecule has 0 aliphatic heterocycles. The molecule has 134 valence electrons. The van der Waals surface area contributed by atoms with E-state index in [0.29, 0.717) is 6.54 Å². The third kappa shape index (κ3) is 4.29. The molecule has 25 heavy (non-hydrogen) atoms. The number of ether oxygens (including phenoxy) is 2. The van der Waals surface area contributed by atoms with Gasteiger partial charge in [0.25, 0.3) is 0 Å². The number of esters is 2. The quantitative estimate of drug-likeness (QED) is 0.670. The summed E-state index contributed by atoms with van der Waals surface area (Å²) in [7, 11) is 0. The van der Waals surface area contributed by atoms with Gasteiger partial charge in [-0.3, -0.25) is 0 Å². The highest BCUT2D eigenvalue weighted by molar-refractivity contribution is 6.04. The predicted molar refractivity (Wildman–Crippen MR) is 96.7 cm³/mol. The summed E-state index contributed by atoms with van der Waals surface area (Å²) in [5.74, 6) is -0.998. The molecule has 0 unspecified atom stereocenters. The van der Waals surface area contributed by atoms with E-state index in [1.54, 1.807) is 19.9 Å². The van der Waals surface area contributed by atoms with E-state index in [9.17, 15) is 9.59 Å². The second-order valence-electron chi connectivity index (χ2n) is 5.60. The monoisotopic (exact) mass is 343 g/mol. The van der Waals surface area contributed by atoms with Crippen molar-refractivity contribution in [2.24, 2.45) is 0 Å². The van der Waals surface area contributed by atoms with Crippen LogP contribution >= 0.6 is 0 Å². The minimum atomic E-state index is -0.502. The first-order valence-electron chi connectivity index (χ1n) is 8.77. The normalized spacial score (nSPS) is 10.5. The largest absolute Gasteiger partial charge is 0.462 e. The van der Waals surface area contributed by atoms with Crippen molar-refractivity contribution in [1.29, 1.82) is 0 Å². The van der Waals surface area contributed by atoms with E-state index < -0.39 is 11.9 Å². The van der Waals surface area contributed by atoms with E-state index in [0.717, 1.165) is 24.1 Å². The summed E-state index contributed by atoms with van der Waals surface area (Å²) in [6, 6.07) is 11.4. The molecule has 5 heteroatoms. The number of carbonyl (C=O) groups excluding carboxylic acids is 2. The van der Waals surface area contributed by atoms with Crippen molar-refractivity contribution in [2.75, 3.05) is 13.2 Å². The molecule has 0 spiro atoms. The lowest BCUT2D eigenvalue weighted by Crippen LogP contribution is -2.18. The van der Waals surface area contributed by atoms with Gasteiger partial charge >= 0.3 is 11.9 Å². The smallest absolute Gasteiger partial charge is 0.355 e. The van der Waals surface area contributed by atoms with Gasteiger partial charge in [-0.1, -0.05) is 43.7 Å². The molecule has 5 nitrogen and oxygen atoms in total. The number of rotatable bonds is 8. The number of aromatic nitrogens is 1. The molecular weight excluding hydrogens is 318 g/mol. The summed E-state index contributed by atoms with van der Waals surface area (Å²) in [6.07, 6.45) is 1.87. The summed E-state index contributed by atoms with van der Waals surface area (Å²) in [4.78, 5) is 25.0. The Morgan fingerprint density at radius 2 is 1.60 bits per heavy atom. The van der Waals surface area contributed by atoms with Gasteiger partial charge in [-0.15, -0.1) is 0 Å². The van der Waals surface area contributed by atoms with Crippen molar-refractivity contribution in [3.05, 3.63) is 47.7 Å². The second kappa shape index (κ2) is 9.06. The third-order valence-electron chi connectivity index (χ3n) is 3.87. The molecular formula is C20H25NO4. The molecule has 2 rings (SSSR count). The van der Waals surface area contributed by atoms with E-state index >= 15 is 0 Å². The maximum absolute atomic E-state index is 12.6. The van der Waals surface area contributed by atoms with Gasteiger partial charge in [-0.25, -0.2) is 9.59 Å². The highest BCUT2D eigenvalue weighted by Gasteiger charge is 2.27. The van der Waals surface area contributed by atoms with Crippen LogP contribution in [-0.2, 0) is 16.0 Å². The molecule has 0 bridgehead atoms. The molecule has 0 atom stereocenters. The summed E-state index contributed by atoms with van der Waals surface area (Å²) < 4.78 is 12.2. The van der Waals surface area contributed by atoms with Crippen LogP contribution in [0.25, 0.3) is 11.3 Å². The van der Waals surface area contributed by atoms with Gasteiger partial charge in [-0.2, -0.15) is 0 Å². The van der Waals surface area contributed by atoms with Crippen molar-refractivity contribution in [1.82, 2.24) is 4.57 Å². The molecule has 1 aromatic carbocycles. The first-order chi connectivity index (χ1) is 12.1. The van der Waals surface area contributed by atoms with E-state index in [2.05, 4.69) is 6.92 Å².